The van der Waals surface area contributed by atoms with E-state index >= 15 is 0 Å². The van der Waals surface area contributed by atoms with Crippen molar-refractivity contribution in [1.29, 1.82) is 0 Å². The van der Waals surface area contributed by atoms with E-state index in [1.165, 1.54) is 10.4 Å². The summed E-state index contributed by atoms with van der Waals surface area (Å²) < 4.78 is 35.1. The van der Waals surface area contributed by atoms with Gasteiger partial charge in [0.25, 0.3) is 5.56 Å². The van der Waals surface area contributed by atoms with Gasteiger partial charge in [-0.15, -0.1) is 0 Å². The van der Waals surface area contributed by atoms with Crippen LogP contribution in [0.5, 0.6) is 5.75 Å². The number of rotatable bonds is 5. The maximum absolute atomic E-state index is 13.0. The summed E-state index contributed by atoms with van der Waals surface area (Å²) in [6.07, 6.45) is 3.40. The molecule has 0 spiro atoms. The summed E-state index contributed by atoms with van der Waals surface area (Å²) in [6.45, 7) is 2.39. The minimum atomic E-state index is -3.66. The number of ether oxygens (including phenoxy) is 1. The highest BCUT2D eigenvalue weighted by atomic mass is 32.2. The fourth-order valence-corrected chi connectivity index (χ4v) is 5.51. The molecule has 1 aliphatic heterocycles. The fraction of sp³-hybridized carbons (Fsp3) is 0.333. The van der Waals surface area contributed by atoms with Gasteiger partial charge in [0.1, 0.15) is 16.7 Å². The van der Waals surface area contributed by atoms with Crippen molar-refractivity contribution in [3.63, 3.8) is 0 Å². The van der Waals surface area contributed by atoms with Gasteiger partial charge in [-0.1, -0.05) is 18.2 Å². The smallest absolute Gasteiger partial charge is 0.254 e. The van der Waals surface area contributed by atoms with Gasteiger partial charge in [-0.2, -0.15) is 4.31 Å². The van der Waals surface area contributed by atoms with E-state index in [0.29, 0.717) is 17.3 Å². The predicted octanol–water partition coefficient (Wildman–Crippen LogP) is 2.49. The van der Waals surface area contributed by atoms with Crippen molar-refractivity contribution < 1.29 is 13.2 Å². The van der Waals surface area contributed by atoms with Crippen LogP contribution < -0.4 is 10.3 Å². The Morgan fingerprint density at radius 2 is 1.86 bits per heavy atom. The lowest BCUT2D eigenvalue weighted by molar-refractivity contribution is 0.0759. The summed E-state index contributed by atoms with van der Waals surface area (Å²) in [4.78, 5) is 16.8. The molecule has 0 unspecified atom stereocenters. The average Bonchev–Trinajstić information content (AvgIpc) is 3.48. The minimum absolute atomic E-state index is 0.0619. The first-order valence-corrected chi connectivity index (χ1v) is 11.1. The molecule has 0 atom stereocenters. The first kappa shape index (κ1) is 18.3. The van der Waals surface area contributed by atoms with E-state index in [0.717, 1.165) is 23.9 Å². The molecule has 2 aliphatic rings. The highest BCUT2D eigenvalue weighted by Gasteiger charge is 2.39. The zero-order valence-corrected chi connectivity index (χ0v) is 16.8. The topological polar surface area (TPSA) is 81.5 Å². The van der Waals surface area contributed by atoms with Gasteiger partial charge in [-0.3, -0.25) is 9.78 Å². The Hall–Kier alpha value is -2.71. The third-order valence-electron chi connectivity index (χ3n) is 5.48. The maximum Gasteiger partial charge on any atom is 0.254 e. The molecule has 1 saturated heterocycles. The molecule has 7 nitrogen and oxygen atoms in total. The first-order chi connectivity index (χ1) is 13.9. The summed E-state index contributed by atoms with van der Waals surface area (Å²) in [5.74, 6) is 0.498. The van der Waals surface area contributed by atoms with E-state index in [-0.39, 0.29) is 29.6 Å². The van der Waals surface area contributed by atoms with Crippen LogP contribution in [0.4, 0.5) is 0 Å². The minimum Gasteiger partial charge on any atom is -0.487 e. The first-order valence-electron chi connectivity index (χ1n) is 9.67. The van der Waals surface area contributed by atoms with Gasteiger partial charge in [0, 0.05) is 29.4 Å². The summed E-state index contributed by atoms with van der Waals surface area (Å²) >= 11 is 0. The molecule has 3 heterocycles. The Morgan fingerprint density at radius 1 is 1.10 bits per heavy atom. The molecule has 3 aromatic rings. The van der Waals surface area contributed by atoms with E-state index in [4.69, 9.17) is 4.74 Å². The zero-order valence-electron chi connectivity index (χ0n) is 16.0. The maximum atomic E-state index is 13.0. The lowest BCUT2D eigenvalue weighted by atomic mass is 10.2. The SMILES string of the molecule is Cc1cc(OC2CN(S(=O)(=O)c3cccc4cccnc34)C2)cc(=O)n1C1CC1. The molecule has 29 heavy (non-hydrogen) atoms. The van der Waals surface area contributed by atoms with Gasteiger partial charge in [0.2, 0.25) is 10.0 Å². The van der Waals surface area contributed by atoms with E-state index in [1.54, 1.807) is 29.0 Å². The highest BCUT2D eigenvalue weighted by Crippen LogP contribution is 2.35. The molecule has 1 aliphatic carbocycles. The lowest BCUT2D eigenvalue weighted by Gasteiger charge is -2.37. The number of hydrogen-bond acceptors (Lipinski definition) is 5. The van der Waals surface area contributed by atoms with Crippen molar-refractivity contribution >= 4 is 20.9 Å². The molecule has 1 aromatic carbocycles. The Labute approximate surface area is 168 Å². The number of sulfonamides is 1. The monoisotopic (exact) mass is 411 g/mol. The Balaban J connectivity index is 1.32. The highest BCUT2D eigenvalue weighted by molar-refractivity contribution is 7.89. The number of para-hydroxylation sites is 1. The van der Waals surface area contributed by atoms with Gasteiger partial charge in [0.05, 0.1) is 18.6 Å². The number of nitrogens with zero attached hydrogens (tertiary/aromatic N) is 3. The predicted molar refractivity (Wildman–Crippen MR) is 109 cm³/mol. The third kappa shape index (κ3) is 3.22. The molecule has 0 radical (unpaired) electrons. The van der Waals surface area contributed by atoms with Gasteiger partial charge >= 0.3 is 0 Å². The van der Waals surface area contributed by atoms with Crippen LogP contribution in [-0.4, -0.2) is 41.5 Å². The fourth-order valence-electron chi connectivity index (χ4n) is 3.84. The third-order valence-corrected chi connectivity index (χ3v) is 7.34. The Bertz CT molecular complexity index is 1250. The molecular weight excluding hydrogens is 390 g/mol. The van der Waals surface area contributed by atoms with Crippen LogP contribution in [0.25, 0.3) is 10.9 Å². The van der Waals surface area contributed by atoms with Crippen molar-refractivity contribution in [2.75, 3.05) is 13.1 Å². The van der Waals surface area contributed by atoms with E-state index in [2.05, 4.69) is 4.98 Å². The zero-order chi connectivity index (χ0) is 20.2. The molecule has 0 amide bonds. The van der Waals surface area contributed by atoms with E-state index in [9.17, 15) is 13.2 Å². The second kappa shape index (κ2) is 6.67. The van der Waals surface area contributed by atoms with Crippen LogP contribution in [0.3, 0.4) is 0 Å². The van der Waals surface area contributed by atoms with Crippen molar-refractivity contribution in [2.24, 2.45) is 0 Å². The number of fused-ring (bicyclic) bond motifs is 1. The average molecular weight is 411 g/mol. The van der Waals surface area contributed by atoms with Gasteiger partial charge in [-0.05, 0) is 38.0 Å². The van der Waals surface area contributed by atoms with E-state index in [1.807, 2.05) is 25.1 Å². The van der Waals surface area contributed by atoms with Gasteiger partial charge in [-0.25, -0.2) is 8.42 Å². The molecule has 2 aromatic heterocycles. The molecule has 150 valence electrons. The van der Waals surface area contributed by atoms with Crippen LogP contribution in [0.1, 0.15) is 24.6 Å². The molecule has 8 heteroatoms. The van der Waals surface area contributed by atoms with E-state index < -0.39 is 10.0 Å². The van der Waals surface area contributed by atoms with Gasteiger partial charge in [0.15, 0.2) is 0 Å². The lowest BCUT2D eigenvalue weighted by Crippen LogP contribution is -2.56. The number of aryl methyl sites for hydroxylation is 1. The summed E-state index contributed by atoms with van der Waals surface area (Å²) in [5, 5.41) is 0.786. The summed E-state index contributed by atoms with van der Waals surface area (Å²) in [7, 11) is -3.66. The summed E-state index contributed by atoms with van der Waals surface area (Å²) in [5.41, 5.74) is 1.28. The number of benzene rings is 1. The quantitative estimate of drug-likeness (QED) is 0.644. The van der Waals surface area contributed by atoms with Crippen LogP contribution in [0.15, 0.2) is 58.4 Å². The van der Waals surface area contributed by atoms with Crippen LogP contribution in [-0.2, 0) is 10.0 Å². The molecule has 1 saturated carbocycles. The second-order valence-corrected chi connectivity index (χ2v) is 9.57. The standard InChI is InChI=1S/C21H21N3O4S/c1-14-10-17(11-20(25)24(14)16-7-8-16)28-18-12-23(13-18)29(26,27)19-6-2-4-15-5-3-9-22-21(15)19/h2-6,9-11,16,18H,7-8,12-13H2,1H3. The number of hydrogen-bond donors (Lipinski definition) is 0. The normalized spacial score (nSPS) is 18.0. The number of pyridine rings is 2. The second-order valence-electron chi connectivity index (χ2n) is 7.66. The molecule has 0 N–H and O–H groups in total. The van der Waals surface area contributed by atoms with Crippen LogP contribution >= 0.6 is 0 Å². The van der Waals surface area contributed by atoms with Crippen molar-refractivity contribution in [3.8, 4) is 5.75 Å². The molecule has 0 bridgehead atoms. The summed E-state index contributed by atoms with van der Waals surface area (Å²) in [6, 6.07) is 12.4. The van der Waals surface area contributed by atoms with Crippen molar-refractivity contribution in [3.05, 3.63) is 64.7 Å². The molecular formula is C21H21N3O4S. The molecule has 5 rings (SSSR count). The van der Waals surface area contributed by atoms with Crippen LogP contribution in [0, 0.1) is 6.92 Å². The van der Waals surface area contributed by atoms with Crippen molar-refractivity contribution in [2.45, 2.75) is 36.8 Å². The Morgan fingerprint density at radius 3 is 2.59 bits per heavy atom. The number of aromatic nitrogens is 2. The molecule has 2 fully saturated rings. The van der Waals surface area contributed by atoms with Gasteiger partial charge < -0.3 is 9.30 Å². The van der Waals surface area contributed by atoms with Crippen LogP contribution in [0.2, 0.25) is 0 Å². The largest absolute Gasteiger partial charge is 0.487 e. The van der Waals surface area contributed by atoms with Crippen molar-refractivity contribution in [1.82, 2.24) is 13.9 Å². The Kier molecular flexibility index (Phi) is 4.22.